The van der Waals surface area contributed by atoms with Crippen LogP contribution in [0.3, 0.4) is 0 Å². The molecule has 0 heterocycles. The maximum absolute atomic E-state index is 14.0. The SMILES string of the molecule is C=Cc1cccc(C(C(=O)NC(C)C)N(C(=O)C(NC(=O)OC(C)(C)C)C(C)C)C2CCC2)c1. The Kier molecular flexibility index (Phi) is 9.30. The first-order valence-corrected chi connectivity index (χ1v) is 12.2. The molecule has 7 heteroatoms. The van der Waals surface area contributed by atoms with Crippen LogP contribution in [0.15, 0.2) is 30.8 Å². The van der Waals surface area contributed by atoms with Crippen molar-refractivity contribution in [3.05, 3.63) is 42.0 Å². The highest BCUT2D eigenvalue weighted by atomic mass is 16.6. The number of nitrogens with zero attached hydrogens (tertiary/aromatic N) is 1. The van der Waals surface area contributed by atoms with Crippen LogP contribution in [-0.2, 0) is 14.3 Å². The molecule has 1 aromatic carbocycles. The highest BCUT2D eigenvalue weighted by Gasteiger charge is 2.42. The Morgan fingerprint density at radius 3 is 2.24 bits per heavy atom. The number of ether oxygens (including phenoxy) is 1. The second-order valence-electron chi connectivity index (χ2n) is 10.6. The van der Waals surface area contributed by atoms with Gasteiger partial charge in [0.1, 0.15) is 17.7 Å². The molecule has 0 spiro atoms. The van der Waals surface area contributed by atoms with Crippen LogP contribution in [-0.4, -0.2) is 46.5 Å². The Bertz CT molecular complexity index is 884. The van der Waals surface area contributed by atoms with E-state index in [4.69, 9.17) is 4.74 Å². The van der Waals surface area contributed by atoms with Gasteiger partial charge in [-0.2, -0.15) is 0 Å². The molecular formula is C27H41N3O4. The first-order chi connectivity index (χ1) is 15.8. The molecule has 1 saturated carbocycles. The van der Waals surface area contributed by atoms with Gasteiger partial charge < -0.3 is 20.3 Å². The number of nitrogens with one attached hydrogen (secondary N) is 2. The minimum absolute atomic E-state index is 0.0792. The Balaban J connectivity index is 2.50. The van der Waals surface area contributed by atoms with Gasteiger partial charge >= 0.3 is 6.09 Å². The standard InChI is InChI=1S/C27H41N3O4/c1-9-19-12-10-13-20(16-19)23(24(31)28-18(4)5)30(21-14-11-15-21)25(32)22(17(2)3)29-26(33)34-27(6,7)8/h9-10,12-13,16-18,21-23H,1,11,14-15H2,2-8H3,(H,28,31)(H,29,33). The molecule has 1 fully saturated rings. The fraction of sp³-hybridized carbons (Fsp3) is 0.593. The van der Waals surface area contributed by atoms with Gasteiger partial charge in [-0.25, -0.2) is 4.79 Å². The summed E-state index contributed by atoms with van der Waals surface area (Å²) in [6.45, 7) is 16.7. The van der Waals surface area contributed by atoms with Crippen LogP contribution in [0.5, 0.6) is 0 Å². The lowest BCUT2D eigenvalue weighted by Crippen LogP contribution is -2.59. The maximum atomic E-state index is 14.0. The van der Waals surface area contributed by atoms with Gasteiger partial charge in [0.25, 0.3) is 0 Å². The third-order valence-corrected chi connectivity index (χ3v) is 5.75. The van der Waals surface area contributed by atoms with Gasteiger partial charge in [-0.1, -0.05) is 44.7 Å². The molecule has 0 saturated heterocycles. The molecule has 0 aliphatic heterocycles. The van der Waals surface area contributed by atoms with E-state index in [-0.39, 0.29) is 29.8 Å². The summed E-state index contributed by atoms with van der Waals surface area (Å²) < 4.78 is 5.41. The first-order valence-electron chi connectivity index (χ1n) is 12.2. The van der Waals surface area contributed by atoms with E-state index in [0.717, 1.165) is 30.4 Å². The molecule has 0 aromatic heterocycles. The highest BCUT2D eigenvalue weighted by molar-refractivity contribution is 5.92. The highest BCUT2D eigenvalue weighted by Crippen LogP contribution is 2.34. The van der Waals surface area contributed by atoms with Gasteiger partial charge in [-0.05, 0) is 77.0 Å². The molecule has 7 nitrogen and oxygen atoms in total. The molecule has 2 rings (SSSR count). The summed E-state index contributed by atoms with van der Waals surface area (Å²) in [5, 5.41) is 5.75. The first kappa shape index (κ1) is 27.4. The number of carbonyl (C=O) groups is 3. The van der Waals surface area contributed by atoms with Crippen molar-refractivity contribution in [3.8, 4) is 0 Å². The summed E-state index contributed by atoms with van der Waals surface area (Å²) in [7, 11) is 0. The van der Waals surface area contributed by atoms with Crippen molar-refractivity contribution in [2.75, 3.05) is 0 Å². The van der Waals surface area contributed by atoms with Gasteiger partial charge in [-0.15, -0.1) is 0 Å². The van der Waals surface area contributed by atoms with E-state index >= 15 is 0 Å². The largest absolute Gasteiger partial charge is 0.444 e. The van der Waals surface area contributed by atoms with E-state index in [1.54, 1.807) is 31.7 Å². The Morgan fingerprint density at radius 1 is 1.12 bits per heavy atom. The van der Waals surface area contributed by atoms with Crippen LogP contribution >= 0.6 is 0 Å². The molecule has 1 aromatic rings. The van der Waals surface area contributed by atoms with E-state index in [9.17, 15) is 14.4 Å². The van der Waals surface area contributed by atoms with Crippen molar-refractivity contribution in [2.45, 2.75) is 97.5 Å². The zero-order chi connectivity index (χ0) is 25.6. The van der Waals surface area contributed by atoms with Crippen molar-refractivity contribution in [2.24, 2.45) is 5.92 Å². The van der Waals surface area contributed by atoms with E-state index in [2.05, 4.69) is 17.2 Å². The average Bonchev–Trinajstić information content (AvgIpc) is 2.67. The summed E-state index contributed by atoms with van der Waals surface area (Å²) in [5.74, 6) is -0.717. The molecular weight excluding hydrogens is 430 g/mol. The molecule has 2 unspecified atom stereocenters. The summed E-state index contributed by atoms with van der Waals surface area (Å²) in [6.07, 6.45) is 3.69. The van der Waals surface area contributed by atoms with Gasteiger partial charge in [-0.3, -0.25) is 9.59 Å². The number of alkyl carbamates (subject to hydrolysis) is 1. The Hall–Kier alpha value is -2.83. The molecule has 0 bridgehead atoms. The number of hydrogen-bond acceptors (Lipinski definition) is 4. The summed E-state index contributed by atoms with van der Waals surface area (Å²) in [4.78, 5) is 41.8. The molecule has 3 amide bonds. The zero-order valence-electron chi connectivity index (χ0n) is 21.7. The molecule has 34 heavy (non-hydrogen) atoms. The fourth-order valence-electron chi connectivity index (χ4n) is 3.95. The van der Waals surface area contributed by atoms with Crippen LogP contribution in [0, 0.1) is 5.92 Å². The summed E-state index contributed by atoms with van der Waals surface area (Å²) in [5.41, 5.74) is 0.899. The minimum atomic E-state index is -0.826. The van der Waals surface area contributed by atoms with E-state index in [1.165, 1.54) is 0 Å². The van der Waals surface area contributed by atoms with E-state index in [1.807, 2.05) is 52.0 Å². The number of benzene rings is 1. The zero-order valence-corrected chi connectivity index (χ0v) is 21.7. The molecule has 0 radical (unpaired) electrons. The molecule has 2 N–H and O–H groups in total. The van der Waals surface area contributed by atoms with Crippen molar-refractivity contribution in [1.29, 1.82) is 0 Å². The third-order valence-electron chi connectivity index (χ3n) is 5.75. The van der Waals surface area contributed by atoms with Gasteiger partial charge in [0, 0.05) is 12.1 Å². The van der Waals surface area contributed by atoms with Crippen LogP contribution in [0.4, 0.5) is 4.79 Å². The topological polar surface area (TPSA) is 87.7 Å². The van der Waals surface area contributed by atoms with Crippen molar-refractivity contribution < 1.29 is 19.1 Å². The van der Waals surface area contributed by atoms with Crippen molar-refractivity contribution in [1.82, 2.24) is 15.5 Å². The maximum Gasteiger partial charge on any atom is 0.408 e. The smallest absolute Gasteiger partial charge is 0.408 e. The lowest BCUT2D eigenvalue weighted by atomic mass is 9.87. The predicted octanol–water partition coefficient (Wildman–Crippen LogP) is 4.83. The summed E-state index contributed by atoms with van der Waals surface area (Å²) >= 11 is 0. The van der Waals surface area contributed by atoms with Gasteiger partial charge in [0.05, 0.1) is 0 Å². The predicted molar refractivity (Wildman–Crippen MR) is 135 cm³/mol. The van der Waals surface area contributed by atoms with E-state index in [0.29, 0.717) is 0 Å². The lowest BCUT2D eigenvalue weighted by molar-refractivity contribution is -0.148. The van der Waals surface area contributed by atoms with Gasteiger partial charge in [0.2, 0.25) is 11.8 Å². The van der Waals surface area contributed by atoms with Crippen LogP contribution < -0.4 is 10.6 Å². The van der Waals surface area contributed by atoms with Gasteiger partial charge in [0.15, 0.2) is 0 Å². The lowest BCUT2D eigenvalue weighted by Gasteiger charge is -2.44. The molecule has 1 aliphatic rings. The minimum Gasteiger partial charge on any atom is -0.444 e. The van der Waals surface area contributed by atoms with Crippen molar-refractivity contribution >= 4 is 24.0 Å². The monoisotopic (exact) mass is 471 g/mol. The van der Waals surface area contributed by atoms with E-state index < -0.39 is 23.8 Å². The average molecular weight is 472 g/mol. The third kappa shape index (κ3) is 7.34. The molecule has 2 atom stereocenters. The quantitative estimate of drug-likeness (QED) is 0.540. The normalized spacial score (nSPS) is 15.8. The molecule has 1 aliphatic carbocycles. The molecule has 188 valence electrons. The Morgan fingerprint density at radius 2 is 1.76 bits per heavy atom. The Labute approximate surface area is 204 Å². The van der Waals surface area contributed by atoms with Crippen molar-refractivity contribution in [3.63, 3.8) is 0 Å². The second-order valence-corrected chi connectivity index (χ2v) is 10.6. The second kappa shape index (κ2) is 11.5. The van der Waals surface area contributed by atoms with Crippen LogP contribution in [0.2, 0.25) is 0 Å². The van der Waals surface area contributed by atoms with Crippen LogP contribution in [0.1, 0.15) is 84.9 Å². The number of hydrogen-bond donors (Lipinski definition) is 2. The number of amides is 3. The number of rotatable bonds is 9. The summed E-state index contributed by atoms with van der Waals surface area (Å²) in [6, 6.07) is 5.72. The van der Waals surface area contributed by atoms with Crippen LogP contribution in [0.25, 0.3) is 6.08 Å². The fourth-order valence-corrected chi connectivity index (χ4v) is 3.95. The number of carbonyl (C=O) groups excluding carboxylic acids is 3.